The third kappa shape index (κ3) is 4.02. The fourth-order valence-corrected chi connectivity index (χ4v) is 4.10. The van der Waals surface area contributed by atoms with Gasteiger partial charge in [-0.25, -0.2) is 9.97 Å². The van der Waals surface area contributed by atoms with E-state index < -0.39 is 0 Å². The summed E-state index contributed by atoms with van der Waals surface area (Å²) < 4.78 is 1.75. The predicted octanol–water partition coefficient (Wildman–Crippen LogP) is 4.71. The van der Waals surface area contributed by atoms with E-state index in [2.05, 4.69) is 31.1 Å². The van der Waals surface area contributed by atoms with Crippen LogP contribution in [0.3, 0.4) is 0 Å². The van der Waals surface area contributed by atoms with Gasteiger partial charge >= 0.3 is 0 Å². The van der Waals surface area contributed by atoms with Crippen LogP contribution in [-0.2, 0) is 7.05 Å². The summed E-state index contributed by atoms with van der Waals surface area (Å²) in [5.41, 5.74) is 11.0. The topological polar surface area (TPSA) is 125 Å². The van der Waals surface area contributed by atoms with E-state index >= 15 is 0 Å². The zero-order valence-corrected chi connectivity index (χ0v) is 19.0. The number of rotatable bonds is 6. The van der Waals surface area contributed by atoms with Gasteiger partial charge in [0.2, 0.25) is 5.95 Å². The highest BCUT2D eigenvalue weighted by atomic mass is 35.5. The maximum absolute atomic E-state index is 9.19. The monoisotopic (exact) mass is 469 g/mol. The zero-order valence-electron chi connectivity index (χ0n) is 18.3. The molecule has 0 spiro atoms. The Morgan fingerprint density at radius 2 is 2.03 bits per heavy atom. The molecule has 5 rings (SSSR count). The van der Waals surface area contributed by atoms with Crippen molar-refractivity contribution in [2.75, 3.05) is 17.2 Å². The number of hydrogen-bond donors (Lipinski definition) is 2. The Labute approximate surface area is 200 Å². The number of nitrogens with two attached hydrogens (primary N) is 1. The zero-order chi connectivity index (χ0) is 23.7. The van der Waals surface area contributed by atoms with Crippen LogP contribution in [0.25, 0.3) is 33.4 Å². The van der Waals surface area contributed by atoms with Crippen molar-refractivity contribution >= 4 is 40.1 Å². The number of halogens is 1. The fourth-order valence-electron chi connectivity index (χ4n) is 3.86. The van der Waals surface area contributed by atoms with Gasteiger partial charge in [-0.15, -0.1) is 0 Å². The van der Waals surface area contributed by atoms with Crippen LogP contribution in [0.4, 0.5) is 17.5 Å². The summed E-state index contributed by atoms with van der Waals surface area (Å²) in [5.74, 6) is 0.670. The SMILES string of the molecule is Cn1cc(-c2cnc3[nH]cc(-c4cc(N(CCC#N)c5ccccc5Cl)nc(N)n4)c3c2)cn1. The first kappa shape index (κ1) is 21.4. The molecule has 0 unspecified atom stereocenters. The van der Waals surface area contributed by atoms with Crippen molar-refractivity contribution in [2.45, 2.75) is 6.42 Å². The van der Waals surface area contributed by atoms with Crippen molar-refractivity contribution in [1.29, 1.82) is 5.26 Å². The maximum Gasteiger partial charge on any atom is 0.222 e. The molecule has 0 aliphatic heterocycles. The molecule has 0 aliphatic carbocycles. The van der Waals surface area contributed by atoms with E-state index in [0.717, 1.165) is 33.4 Å². The summed E-state index contributed by atoms with van der Waals surface area (Å²) in [4.78, 5) is 18.6. The number of anilines is 3. The van der Waals surface area contributed by atoms with E-state index in [1.54, 1.807) is 23.1 Å². The van der Waals surface area contributed by atoms with Gasteiger partial charge in [-0.1, -0.05) is 23.7 Å². The number of aryl methyl sites for hydroxylation is 1. The van der Waals surface area contributed by atoms with E-state index in [-0.39, 0.29) is 12.4 Å². The van der Waals surface area contributed by atoms with Gasteiger partial charge in [0.25, 0.3) is 0 Å². The van der Waals surface area contributed by atoms with Gasteiger partial charge in [0.1, 0.15) is 11.5 Å². The molecule has 0 atom stereocenters. The fraction of sp³-hybridized carbons (Fsp3) is 0.125. The molecule has 0 radical (unpaired) electrons. The molecule has 0 saturated heterocycles. The molecule has 0 bridgehead atoms. The van der Waals surface area contributed by atoms with Crippen LogP contribution in [0.2, 0.25) is 5.02 Å². The number of aromatic amines is 1. The Balaban J connectivity index is 1.62. The molecule has 34 heavy (non-hydrogen) atoms. The summed E-state index contributed by atoms with van der Waals surface area (Å²) in [6.07, 6.45) is 7.68. The number of nitrogens with one attached hydrogen (secondary N) is 1. The van der Waals surface area contributed by atoms with Crippen LogP contribution < -0.4 is 10.6 Å². The third-order valence-corrected chi connectivity index (χ3v) is 5.76. The number of hydrogen-bond acceptors (Lipinski definition) is 7. The van der Waals surface area contributed by atoms with Crippen LogP contribution in [-0.4, -0.2) is 36.3 Å². The first-order valence-electron chi connectivity index (χ1n) is 10.5. The van der Waals surface area contributed by atoms with Crippen LogP contribution >= 0.6 is 11.6 Å². The second-order valence-electron chi connectivity index (χ2n) is 7.71. The predicted molar refractivity (Wildman–Crippen MR) is 132 cm³/mol. The van der Waals surface area contributed by atoms with E-state index in [1.165, 1.54) is 0 Å². The summed E-state index contributed by atoms with van der Waals surface area (Å²) in [7, 11) is 1.87. The van der Waals surface area contributed by atoms with E-state index in [9.17, 15) is 5.26 Å². The standard InChI is InChI=1S/C24H20ClN9/c1-33-14-16(12-30-33)15-9-17-18(13-29-23(17)28-11-15)20-10-22(32-24(27)31-20)34(8-4-7-26)21-6-3-2-5-19(21)25/h2-3,5-6,9-14H,4,8H2,1H3,(H,28,29)(H2,27,31,32). The molecule has 0 fully saturated rings. The van der Waals surface area contributed by atoms with E-state index in [0.29, 0.717) is 23.1 Å². The highest BCUT2D eigenvalue weighted by molar-refractivity contribution is 6.33. The first-order chi connectivity index (χ1) is 16.5. The molecule has 168 valence electrons. The average Bonchev–Trinajstić information content (AvgIpc) is 3.46. The number of fused-ring (bicyclic) bond motifs is 1. The molecule has 9 nitrogen and oxygen atoms in total. The highest BCUT2D eigenvalue weighted by Gasteiger charge is 2.18. The smallest absolute Gasteiger partial charge is 0.222 e. The lowest BCUT2D eigenvalue weighted by Crippen LogP contribution is -2.20. The minimum atomic E-state index is 0.118. The quantitative estimate of drug-likeness (QED) is 0.369. The molecular formula is C24H20ClN9. The molecule has 1 aromatic carbocycles. The molecule has 3 N–H and O–H groups in total. The third-order valence-electron chi connectivity index (χ3n) is 5.44. The second kappa shape index (κ2) is 8.84. The number of nitrogens with zero attached hydrogens (tertiary/aromatic N) is 7. The van der Waals surface area contributed by atoms with Gasteiger partial charge in [-0.05, 0) is 18.2 Å². The van der Waals surface area contributed by atoms with Gasteiger partial charge in [0.15, 0.2) is 0 Å². The van der Waals surface area contributed by atoms with Gasteiger partial charge in [-0.3, -0.25) is 4.68 Å². The molecule has 0 aliphatic rings. The summed E-state index contributed by atoms with van der Waals surface area (Å²) in [6, 6.07) is 13.5. The molecular weight excluding hydrogens is 450 g/mol. The number of benzene rings is 1. The number of aromatic nitrogens is 6. The lowest BCUT2D eigenvalue weighted by molar-refractivity contribution is 0.768. The second-order valence-corrected chi connectivity index (χ2v) is 8.11. The van der Waals surface area contributed by atoms with Gasteiger partial charge in [0.05, 0.1) is 35.1 Å². The van der Waals surface area contributed by atoms with E-state index in [4.69, 9.17) is 17.3 Å². The Kier molecular flexibility index (Phi) is 5.57. The molecule has 10 heteroatoms. The van der Waals surface area contributed by atoms with Gasteiger partial charge in [0, 0.05) is 60.3 Å². The number of nitriles is 1. The van der Waals surface area contributed by atoms with Gasteiger partial charge in [-0.2, -0.15) is 15.3 Å². The minimum absolute atomic E-state index is 0.118. The van der Waals surface area contributed by atoms with Crippen molar-refractivity contribution in [2.24, 2.45) is 7.05 Å². The lowest BCUT2D eigenvalue weighted by atomic mass is 10.1. The Morgan fingerprint density at radius 1 is 1.18 bits per heavy atom. The average molecular weight is 470 g/mol. The van der Waals surface area contributed by atoms with Crippen molar-refractivity contribution in [3.8, 4) is 28.5 Å². The molecule has 0 saturated carbocycles. The van der Waals surface area contributed by atoms with Crippen LogP contribution in [0.15, 0.2) is 61.2 Å². The number of para-hydroxylation sites is 1. The molecule has 5 aromatic rings. The summed E-state index contributed by atoms with van der Waals surface area (Å²) in [6.45, 7) is 0.400. The van der Waals surface area contributed by atoms with Crippen molar-refractivity contribution in [1.82, 2.24) is 29.7 Å². The first-order valence-corrected chi connectivity index (χ1v) is 10.9. The van der Waals surface area contributed by atoms with E-state index in [1.807, 2.05) is 54.7 Å². The van der Waals surface area contributed by atoms with Crippen LogP contribution in [0, 0.1) is 11.3 Å². The molecule has 4 heterocycles. The van der Waals surface area contributed by atoms with Crippen LogP contribution in [0.1, 0.15) is 6.42 Å². The largest absolute Gasteiger partial charge is 0.368 e. The summed E-state index contributed by atoms with van der Waals surface area (Å²) in [5, 5.41) is 14.9. The number of nitrogen functional groups attached to an aromatic ring is 1. The lowest BCUT2D eigenvalue weighted by Gasteiger charge is -2.24. The summed E-state index contributed by atoms with van der Waals surface area (Å²) >= 11 is 6.46. The minimum Gasteiger partial charge on any atom is -0.368 e. The van der Waals surface area contributed by atoms with Crippen molar-refractivity contribution < 1.29 is 0 Å². The highest BCUT2D eigenvalue weighted by Crippen LogP contribution is 2.35. The molecule has 0 amide bonds. The Morgan fingerprint density at radius 3 is 2.79 bits per heavy atom. The maximum atomic E-state index is 9.19. The van der Waals surface area contributed by atoms with Crippen LogP contribution in [0.5, 0.6) is 0 Å². The number of pyridine rings is 1. The normalized spacial score (nSPS) is 11.0. The molecule has 4 aromatic heterocycles. The Bertz CT molecular complexity index is 1530. The Hall–Kier alpha value is -4.42. The van der Waals surface area contributed by atoms with Crippen molar-refractivity contribution in [3.05, 3.63) is 66.2 Å². The van der Waals surface area contributed by atoms with Crippen molar-refractivity contribution in [3.63, 3.8) is 0 Å². The number of H-pyrrole nitrogens is 1. The van der Waals surface area contributed by atoms with Gasteiger partial charge < -0.3 is 15.6 Å².